The molecule has 0 fully saturated rings. The SMILES string of the molecule is CC(C)/C=C/[C@H](C)CCO. The maximum atomic E-state index is 8.57. The molecule has 0 saturated carbocycles. The Labute approximate surface area is 63.8 Å². The van der Waals surface area contributed by atoms with Crippen LogP contribution in [0, 0.1) is 11.8 Å². The molecule has 0 aromatic rings. The van der Waals surface area contributed by atoms with Crippen molar-refractivity contribution in [3.8, 4) is 0 Å². The summed E-state index contributed by atoms with van der Waals surface area (Å²) in [6.45, 7) is 6.73. The summed E-state index contributed by atoms with van der Waals surface area (Å²) in [7, 11) is 0. The van der Waals surface area contributed by atoms with Crippen molar-refractivity contribution >= 4 is 0 Å². The molecule has 1 heteroatoms. The molecule has 0 spiro atoms. The molecule has 0 heterocycles. The number of rotatable bonds is 4. The first-order chi connectivity index (χ1) is 4.66. The molecule has 0 saturated heterocycles. The van der Waals surface area contributed by atoms with Crippen LogP contribution in [0.15, 0.2) is 12.2 Å². The lowest BCUT2D eigenvalue weighted by atomic mass is 10.1. The second kappa shape index (κ2) is 5.48. The van der Waals surface area contributed by atoms with Gasteiger partial charge in [-0.2, -0.15) is 0 Å². The van der Waals surface area contributed by atoms with Crippen molar-refractivity contribution in [2.75, 3.05) is 6.61 Å². The number of hydrogen-bond acceptors (Lipinski definition) is 1. The quantitative estimate of drug-likeness (QED) is 0.597. The van der Waals surface area contributed by atoms with Crippen molar-refractivity contribution in [3.63, 3.8) is 0 Å². The highest BCUT2D eigenvalue weighted by Crippen LogP contribution is 2.04. The van der Waals surface area contributed by atoms with E-state index < -0.39 is 0 Å². The molecule has 0 aliphatic heterocycles. The van der Waals surface area contributed by atoms with Crippen molar-refractivity contribution in [1.82, 2.24) is 0 Å². The lowest BCUT2D eigenvalue weighted by Crippen LogP contribution is -1.94. The summed E-state index contributed by atoms with van der Waals surface area (Å²) >= 11 is 0. The Bertz CT molecular complexity index is 94.9. The molecular weight excluding hydrogens is 124 g/mol. The molecular formula is C9H18O. The third-order valence-corrected chi connectivity index (χ3v) is 1.41. The molecule has 0 aromatic heterocycles. The fourth-order valence-electron chi connectivity index (χ4n) is 0.712. The second-order valence-electron chi connectivity index (χ2n) is 3.12. The van der Waals surface area contributed by atoms with Crippen LogP contribution in [0.1, 0.15) is 27.2 Å². The van der Waals surface area contributed by atoms with Crippen molar-refractivity contribution in [2.45, 2.75) is 27.2 Å². The molecule has 0 aromatic carbocycles. The summed E-state index contributed by atoms with van der Waals surface area (Å²) in [6, 6.07) is 0. The first-order valence-corrected chi connectivity index (χ1v) is 3.96. The van der Waals surface area contributed by atoms with Crippen molar-refractivity contribution in [3.05, 3.63) is 12.2 Å². The Hall–Kier alpha value is -0.300. The van der Waals surface area contributed by atoms with Gasteiger partial charge >= 0.3 is 0 Å². The predicted molar refractivity (Wildman–Crippen MR) is 44.8 cm³/mol. The van der Waals surface area contributed by atoms with Crippen LogP contribution in [0.2, 0.25) is 0 Å². The lowest BCUT2D eigenvalue weighted by Gasteiger charge is -2.02. The van der Waals surface area contributed by atoms with Gasteiger partial charge in [0.1, 0.15) is 0 Å². The van der Waals surface area contributed by atoms with E-state index in [0.29, 0.717) is 18.4 Å². The molecule has 0 rings (SSSR count). The Balaban J connectivity index is 3.45. The van der Waals surface area contributed by atoms with Crippen LogP contribution in [0.25, 0.3) is 0 Å². The lowest BCUT2D eigenvalue weighted by molar-refractivity contribution is 0.274. The predicted octanol–water partition coefficient (Wildman–Crippen LogP) is 2.22. The third-order valence-electron chi connectivity index (χ3n) is 1.41. The second-order valence-corrected chi connectivity index (χ2v) is 3.12. The van der Waals surface area contributed by atoms with E-state index in [1.54, 1.807) is 0 Å². The van der Waals surface area contributed by atoms with E-state index in [1.165, 1.54) is 0 Å². The maximum absolute atomic E-state index is 8.57. The van der Waals surface area contributed by atoms with Gasteiger partial charge in [0, 0.05) is 6.61 Å². The van der Waals surface area contributed by atoms with Crippen LogP contribution >= 0.6 is 0 Å². The summed E-state index contributed by atoms with van der Waals surface area (Å²) in [5, 5.41) is 8.57. The van der Waals surface area contributed by atoms with Crippen LogP contribution in [0.3, 0.4) is 0 Å². The van der Waals surface area contributed by atoms with Gasteiger partial charge in [0.25, 0.3) is 0 Å². The largest absolute Gasteiger partial charge is 0.396 e. The molecule has 0 aliphatic rings. The third kappa shape index (κ3) is 5.83. The summed E-state index contributed by atoms with van der Waals surface area (Å²) in [5.41, 5.74) is 0. The minimum atomic E-state index is 0.295. The fourth-order valence-corrected chi connectivity index (χ4v) is 0.712. The van der Waals surface area contributed by atoms with Gasteiger partial charge in [-0.3, -0.25) is 0 Å². The Kier molecular flexibility index (Phi) is 5.32. The minimum absolute atomic E-state index is 0.295. The van der Waals surface area contributed by atoms with Gasteiger partial charge in [-0.05, 0) is 18.3 Å². The number of allylic oxidation sites excluding steroid dienone is 2. The van der Waals surface area contributed by atoms with Crippen molar-refractivity contribution in [1.29, 1.82) is 0 Å². The van der Waals surface area contributed by atoms with Crippen LogP contribution in [0.5, 0.6) is 0 Å². The zero-order valence-corrected chi connectivity index (χ0v) is 7.17. The average molecular weight is 142 g/mol. The van der Waals surface area contributed by atoms with E-state index in [0.717, 1.165) is 6.42 Å². The molecule has 0 unspecified atom stereocenters. The molecule has 0 radical (unpaired) electrons. The van der Waals surface area contributed by atoms with Crippen LogP contribution < -0.4 is 0 Å². The summed E-state index contributed by atoms with van der Waals surface area (Å²) in [5.74, 6) is 1.15. The topological polar surface area (TPSA) is 20.2 Å². The van der Waals surface area contributed by atoms with E-state index in [-0.39, 0.29) is 0 Å². The van der Waals surface area contributed by atoms with Gasteiger partial charge in [0.15, 0.2) is 0 Å². The van der Waals surface area contributed by atoms with E-state index in [1.807, 2.05) is 0 Å². The maximum Gasteiger partial charge on any atom is 0.0436 e. The zero-order valence-electron chi connectivity index (χ0n) is 7.17. The summed E-state index contributed by atoms with van der Waals surface area (Å²) in [4.78, 5) is 0. The molecule has 10 heavy (non-hydrogen) atoms. The summed E-state index contributed by atoms with van der Waals surface area (Å²) < 4.78 is 0. The minimum Gasteiger partial charge on any atom is -0.396 e. The Morgan fingerprint density at radius 1 is 1.20 bits per heavy atom. The number of aliphatic hydroxyl groups is 1. The van der Waals surface area contributed by atoms with Crippen LogP contribution in [-0.2, 0) is 0 Å². The molecule has 0 bridgehead atoms. The molecule has 0 amide bonds. The van der Waals surface area contributed by atoms with Gasteiger partial charge in [-0.15, -0.1) is 0 Å². The standard InChI is InChI=1S/C9H18O/c1-8(2)4-5-9(3)6-7-10/h4-5,8-10H,6-7H2,1-3H3/b5-4+/t9-/m0/s1. The highest BCUT2D eigenvalue weighted by Gasteiger charge is 1.94. The normalized spacial score (nSPS) is 14.9. The Morgan fingerprint density at radius 3 is 2.20 bits per heavy atom. The van der Waals surface area contributed by atoms with E-state index >= 15 is 0 Å². The number of aliphatic hydroxyl groups excluding tert-OH is 1. The molecule has 1 N–H and O–H groups in total. The Morgan fingerprint density at radius 2 is 1.80 bits per heavy atom. The monoisotopic (exact) mass is 142 g/mol. The number of hydrogen-bond donors (Lipinski definition) is 1. The zero-order chi connectivity index (χ0) is 7.98. The van der Waals surface area contributed by atoms with E-state index in [4.69, 9.17) is 5.11 Å². The highest BCUT2D eigenvalue weighted by atomic mass is 16.2. The van der Waals surface area contributed by atoms with Gasteiger partial charge in [0.2, 0.25) is 0 Å². The van der Waals surface area contributed by atoms with E-state index in [9.17, 15) is 0 Å². The molecule has 60 valence electrons. The van der Waals surface area contributed by atoms with Gasteiger partial charge < -0.3 is 5.11 Å². The fraction of sp³-hybridized carbons (Fsp3) is 0.778. The van der Waals surface area contributed by atoms with Crippen molar-refractivity contribution < 1.29 is 5.11 Å². The van der Waals surface area contributed by atoms with Crippen LogP contribution in [-0.4, -0.2) is 11.7 Å². The summed E-state index contributed by atoms with van der Waals surface area (Å²) in [6.07, 6.45) is 5.23. The van der Waals surface area contributed by atoms with Gasteiger partial charge in [0.05, 0.1) is 0 Å². The average Bonchev–Trinajstić information content (AvgIpc) is 1.85. The molecule has 1 atom stereocenters. The highest BCUT2D eigenvalue weighted by molar-refractivity contribution is 4.88. The van der Waals surface area contributed by atoms with Crippen LogP contribution in [0.4, 0.5) is 0 Å². The molecule has 0 aliphatic carbocycles. The van der Waals surface area contributed by atoms with Gasteiger partial charge in [-0.1, -0.05) is 32.9 Å². The van der Waals surface area contributed by atoms with Gasteiger partial charge in [-0.25, -0.2) is 0 Å². The first-order valence-electron chi connectivity index (χ1n) is 3.96. The molecule has 1 nitrogen and oxygen atoms in total. The van der Waals surface area contributed by atoms with Crippen molar-refractivity contribution in [2.24, 2.45) is 11.8 Å². The smallest absolute Gasteiger partial charge is 0.0436 e. The first kappa shape index (κ1) is 9.70. The van der Waals surface area contributed by atoms with E-state index in [2.05, 4.69) is 32.9 Å².